The number of nitrogens with zero attached hydrogens (tertiary/aromatic N) is 4. The van der Waals surface area contributed by atoms with Crippen LogP contribution in [0.4, 0.5) is 0 Å². The van der Waals surface area contributed by atoms with Crippen LogP contribution in [0.25, 0.3) is 0 Å². The van der Waals surface area contributed by atoms with Gasteiger partial charge in [0.2, 0.25) is 0 Å². The minimum Gasteiger partial charge on any atom is -0.330 e. The Morgan fingerprint density at radius 3 is 2.91 bits per heavy atom. The molecule has 1 aliphatic heterocycles. The lowest BCUT2D eigenvalue weighted by Crippen LogP contribution is -2.39. The Balaban J connectivity index is 1.92. The molecule has 6 nitrogen and oxygen atoms in total. The molecule has 1 amide bonds. The first-order valence-electron chi connectivity index (χ1n) is 8.47. The summed E-state index contributed by atoms with van der Waals surface area (Å²) in [7, 11) is 0. The number of likely N-dealkylation sites (tertiary alicyclic amines) is 1. The van der Waals surface area contributed by atoms with Gasteiger partial charge in [-0.25, -0.2) is 0 Å². The molecule has 1 fully saturated rings. The Morgan fingerprint density at radius 1 is 1.39 bits per heavy atom. The predicted octanol–water partition coefficient (Wildman–Crippen LogP) is 3.00. The number of aromatic nitrogens is 4. The third-order valence-corrected chi connectivity index (χ3v) is 4.68. The quantitative estimate of drug-likeness (QED) is 0.943. The lowest BCUT2D eigenvalue weighted by Gasteiger charge is -2.35. The predicted molar refractivity (Wildman–Crippen MR) is 88.2 cm³/mol. The molecule has 0 saturated carbocycles. The average Bonchev–Trinajstić information content (AvgIpc) is 3.17. The summed E-state index contributed by atoms with van der Waals surface area (Å²) in [5.74, 6) is 0.0988. The van der Waals surface area contributed by atoms with E-state index in [-0.39, 0.29) is 11.9 Å². The third kappa shape index (κ3) is 2.90. The van der Waals surface area contributed by atoms with Crippen molar-refractivity contribution in [3.63, 3.8) is 0 Å². The highest BCUT2D eigenvalue weighted by Gasteiger charge is 2.32. The number of carbonyl (C=O) groups excluding carboxylic acids is 1. The van der Waals surface area contributed by atoms with E-state index in [1.165, 1.54) is 0 Å². The van der Waals surface area contributed by atoms with Gasteiger partial charge in [-0.2, -0.15) is 10.2 Å². The van der Waals surface area contributed by atoms with E-state index in [9.17, 15) is 4.79 Å². The highest BCUT2D eigenvalue weighted by atomic mass is 16.2. The second-order valence-corrected chi connectivity index (χ2v) is 6.29. The second kappa shape index (κ2) is 6.56. The maximum atomic E-state index is 13.2. The summed E-state index contributed by atoms with van der Waals surface area (Å²) < 4.78 is 1.96. The highest BCUT2D eigenvalue weighted by Crippen LogP contribution is 2.32. The number of aryl methyl sites for hydroxylation is 2. The zero-order chi connectivity index (χ0) is 16.4. The number of H-pyrrole nitrogens is 1. The van der Waals surface area contributed by atoms with E-state index in [4.69, 9.17) is 0 Å². The third-order valence-electron chi connectivity index (χ3n) is 4.68. The van der Waals surface area contributed by atoms with Gasteiger partial charge in [0.25, 0.3) is 5.91 Å². The number of amides is 1. The number of piperidine rings is 1. The number of rotatable bonds is 4. The standard InChI is InChI=1S/C17H25N5O/c1-4-10-22-13(3)16(12(2)20-22)17(23)21-11-6-5-7-15(21)14-8-9-18-19-14/h8-9,15H,4-7,10-11H2,1-3H3,(H,18,19)/t15-/m1/s1. The van der Waals surface area contributed by atoms with Gasteiger partial charge in [-0.3, -0.25) is 14.6 Å². The summed E-state index contributed by atoms with van der Waals surface area (Å²) in [6.07, 6.45) is 5.94. The zero-order valence-electron chi connectivity index (χ0n) is 14.2. The van der Waals surface area contributed by atoms with Gasteiger partial charge in [-0.05, 0) is 45.6 Å². The monoisotopic (exact) mass is 315 g/mol. The van der Waals surface area contributed by atoms with Gasteiger partial charge >= 0.3 is 0 Å². The fourth-order valence-corrected chi connectivity index (χ4v) is 3.53. The lowest BCUT2D eigenvalue weighted by atomic mass is 9.98. The lowest BCUT2D eigenvalue weighted by molar-refractivity contribution is 0.0604. The Morgan fingerprint density at radius 2 is 2.22 bits per heavy atom. The van der Waals surface area contributed by atoms with E-state index in [0.29, 0.717) is 0 Å². The maximum absolute atomic E-state index is 13.2. The van der Waals surface area contributed by atoms with Crippen LogP contribution in [0.1, 0.15) is 66.1 Å². The molecule has 6 heteroatoms. The molecule has 3 rings (SSSR count). The topological polar surface area (TPSA) is 66.8 Å². The van der Waals surface area contributed by atoms with Gasteiger partial charge in [0.05, 0.1) is 23.0 Å². The first kappa shape index (κ1) is 15.8. The number of nitrogens with one attached hydrogen (secondary N) is 1. The SMILES string of the molecule is CCCn1nc(C)c(C(=O)N2CCCC[C@@H]2c2ccn[nH]2)c1C. The highest BCUT2D eigenvalue weighted by molar-refractivity contribution is 5.96. The zero-order valence-corrected chi connectivity index (χ0v) is 14.2. The summed E-state index contributed by atoms with van der Waals surface area (Å²) >= 11 is 0. The van der Waals surface area contributed by atoms with Crippen LogP contribution in [0.15, 0.2) is 12.3 Å². The molecule has 0 aliphatic carbocycles. The van der Waals surface area contributed by atoms with Crippen molar-refractivity contribution in [3.05, 3.63) is 34.9 Å². The molecule has 1 atom stereocenters. The summed E-state index contributed by atoms with van der Waals surface area (Å²) in [5, 5.41) is 11.6. The van der Waals surface area contributed by atoms with E-state index < -0.39 is 0 Å². The van der Waals surface area contributed by atoms with Gasteiger partial charge in [0.15, 0.2) is 0 Å². The minimum absolute atomic E-state index is 0.0899. The van der Waals surface area contributed by atoms with Crippen molar-refractivity contribution in [1.29, 1.82) is 0 Å². The van der Waals surface area contributed by atoms with Crippen molar-refractivity contribution in [2.75, 3.05) is 6.54 Å². The summed E-state index contributed by atoms with van der Waals surface area (Å²) in [6.45, 7) is 7.70. The first-order chi connectivity index (χ1) is 11.1. The number of carbonyl (C=O) groups is 1. The molecule has 3 heterocycles. The molecular weight excluding hydrogens is 290 g/mol. The Hall–Kier alpha value is -2.11. The molecular formula is C17H25N5O. The van der Waals surface area contributed by atoms with Crippen LogP contribution in [0.2, 0.25) is 0 Å². The van der Waals surface area contributed by atoms with Crippen molar-refractivity contribution in [3.8, 4) is 0 Å². The summed E-state index contributed by atoms with van der Waals surface area (Å²) in [4.78, 5) is 15.2. The molecule has 1 saturated heterocycles. The minimum atomic E-state index is 0.0899. The molecule has 124 valence electrons. The molecule has 0 aromatic carbocycles. The smallest absolute Gasteiger partial charge is 0.258 e. The molecule has 2 aromatic rings. The maximum Gasteiger partial charge on any atom is 0.258 e. The van der Waals surface area contributed by atoms with Crippen molar-refractivity contribution >= 4 is 5.91 Å². The molecule has 0 spiro atoms. The summed E-state index contributed by atoms with van der Waals surface area (Å²) in [6, 6.07) is 2.06. The van der Waals surface area contributed by atoms with Crippen LogP contribution in [0.3, 0.4) is 0 Å². The molecule has 0 unspecified atom stereocenters. The molecule has 1 aliphatic rings. The van der Waals surface area contributed by atoms with E-state index in [1.807, 2.05) is 29.5 Å². The van der Waals surface area contributed by atoms with Gasteiger partial charge in [-0.1, -0.05) is 6.92 Å². The molecule has 0 radical (unpaired) electrons. The largest absolute Gasteiger partial charge is 0.330 e. The Labute approximate surface area is 136 Å². The van der Waals surface area contributed by atoms with Gasteiger partial charge in [-0.15, -0.1) is 0 Å². The first-order valence-corrected chi connectivity index (χ1v) is 8.47. The number of aromatic amines is 1. The van der Waals surface area contributed by atoms with Crippen LogP contribution < -0.4 is 0 Å². The van der Waals surface area contributed by atoms with Crippen molar-refractivity contribution < 1.29 is 4.79 Å². The Bertz CT molecular complexity index is 673. The van der Waals surface area contributed by atoms with Crippen LogP contribution >= 0.6 is 0 Å². The second-order valence-electron chi connectivity index (χ2n) is 6.29. The molecule has 1 N–H and O–H groups in total. The number of hydrogen-bond acceptors (Lipinski definition) is 3. The van der Waals surface area contributed by atoms with Crippen LogP contribution in [0.5, 0.6) is 0 Å². The van der Waals surface area contributed by atoms with Crippen LogP contribution in [-0.4, -0.2) is 37.3 Å². The number of hydrogen-bond donors (Lipinski definition) is 1. The van der Waals surface area contributed by atoms with Crippen LogP contribution in [-0.2, 0) is 6.54 Å². The van der Waals surface area contributed by atoms with E-state index in [1.54, 1.807) is 6.20 Å². The van der Waals surface area contributed by atoms with Crippen molar-refractivity contribution in [2.24, 2.45) is 0 Å². The fourth-order valence-electron chi connectivity index (χ4n) is 3.53. The van der Waals surface area contributed by atoms with E-state index in [0.717, 1.165) is 61.4 Å². The van der Waals surface area contributed by atoms with Gasteiger partial charge < -0.3 is 4.90 Å². The molecule has 23 heavy (non-hydrogen) atoms. The fraction of sp³-hybridized carbons (Fsp3) is 0.588. The van der Waals surface area contributed by atoms with Crippen molar-refractivity contribution in [1.82, 2.24) is 24.9 Å². The van der Waals surface area contributed by atoms with Gasteiger partial charge in [0, 0.05) is 25.0 Å². The van der Waals surface area contributed by atoms with Crippen LogP contribution in [0, 0.1) is 13.8 Å². The molecule has 2 aromatic heterocycles. The summed E-state index contributed by atoms with van der Waals surface area (Å²) in [5.41, 5.74) is 3.59. The average molecular weight is 315 g/mol. The normalized spacial score (nSPS) is 18.4. The van der Waals surface area contributed by atoms with Crippen molar-refractivity contribution in [2.45, 2.75) is 59.0 Å². The van der Waals surface area contributed by atoms with E-state index >= 15 is 0 Å². The Kier molecular flexibility index (Phi) is 4.50. The van der Waals surface area contributed by atoms with Gasteiger partial charge in [0.1, 0.15) is 0 Å². The van der Waals surface area contributed by atoms with E-state index in [2.05, 4.69) is 22.2 Å². The molecule has 0 bridgehead atoms.